The summed E-state index contributed by atoms with van der Waals surface area (Å²) in [5.41, 5.74) is 1.64. The van der Waals surface area contributed by atoms with E-state index in [-0.39, 0.29) is 17.1 Å². The van der Waals surface area contributed by atoms with Gasteiger partial charge in [0.1, 0.15) is 11.3 Å². The minimum Gasteiger partial charge on any atom is -0.494 e. The largest absolute Gasteiger partial charge is 0.494 e. The van der Waals surface area contributed by atoms with Crippen LogP contribution in [0.15, 0.2) is 57.7 Å². The Balaban J connectivity index is 1.76. The zero-order valence-corrected chi connectivity index (χ0v) is 18.9. The third-order valence-electron chi connectivity index (χ3n) is 6.07. The average Bonchev–Trinajstić information content (AvgIpc) is 3.09. The molecule has 0 aliphatic carbocycles. The van der Waals surface area contributed by atoms with E-state index < -0.39 is 6.04 Å². The second-order valence-corrected chi connectivity index (χ2v) is 8.41. The van der Waals surface area contributed by atoms with Gasteiger partial charge in [-0.25, -0.2) is 0 Å². The van der Waals surface area contributed by atoms with Gasteiger partial charge in [-0.05, 0) is 42.7 Å². The van der Waals surface area contributed by atoms with Crippen LogP contribution in [-0.2, 0) is 0 Å². The molecule has 0 saturated heterocycles. The molecule has 5 heteroatoms. The lowest BCUT2D eigenvalue weighted by atomic mass is 9.98. The lowest BCUT2D eigenvalue weighted by Gasteiger charge is -2.25. The molecule has 1 aromatic heterocycles. The summed E-state index contributed by atoms with van der Waals surface area (Å²) in [4.78, 5) is 28.6. The van der Waals surface area contributed by atoms with Crippen molar-refractivity contribution < 1.29 is 13.9 Å². The first-order valence-electron chi connectivity index (χ1n) is 11.7. The summed E-state index contributed by atoms with van der Waals surface area (Å²) in [5, 5.41) is 0.506. The van der Waals surface area contributed by atoms with E-state index in [1.807, 2.05) is 36.4 Å². The summed E-state index contributed by atoms with van der Waals surface area (Å²) in [6, 6.07) is 14.5. The highest BCUT2D eigenvalue weighted by Crippen LogP contribution is 2.39. The van der Waals surface area contributed by atoms with Crippen LogP contribution in [0.25, 0.3) is 11.0 Å². The number of para-hydroxylation sites is 1. The first-order chi connectivity index (χ1) is 15.7. The molecule has 1 aliphatic rings. The molecule has 0 N–H and O–H groups in total. The maximum atomic E-state index is 13.5. The first kappa shape index (κ1) is 22.1. The van der Waals surface area contributed by atoms with Crippen molar-refractivity contribution in [3.63, 3.8) is 0 Å². The Morgan fingerprint density at radius 3 is 2.53 bits per heavy atom. The van der Waals surface area contributed by atoms with Gasteiger partial charge in [0.05, 0.1) is 23.6 Å². The summed E-state index contributed by atoms with van der Waals surface area (Å²) in [6.45, 7) is 5.54. The SMILES string of the molecule is CCCCCOc1cccc(C2c3c(oc4ccccc4c3=O)C(=O)N2CCCCC)c1. The molecular weight excluding hydrogens is 402 g/mol. The Labute approximate surface area is 189 Å². The van der Waals surface area contributed by atoms with E-state index in [2.05, 4.69) is 13.8 Å². The van der Waals surface area contributed by atoms with Crippen molar-refractivity contribution >= 4 is 16.9 Å². The number of hydrogen-bond donors (Lipinski definition) is 0. The van der Waals surface area contributed by atoms with E-state index in [1.165, 1.54) is 0 Å². The quantitative estimate of drug-likeness (QED) is 0.363. The average molecular weight is 434 g/mol. The molecule has 1 amide bonds. The summed E-state index contributed by atoms with van der Waals surface area (Å²) in [5.74, 6) is 0.723. The molecule has 0 spiro atoms. The molecule has 0 saturated carbocycles. The van der Waals surface area contributed by atoms with Gasteiger partial charge in [0.25, 0.3) is 5.91 Å². The molecule has 2 heterocycles. The van der Waals surface area contributed by atoms with E-state index in [9.17, 15) is 9.59 Å². The van der Waals surface area contributed by atoms with Gasteiger partial charge in [0.15, 0.2) is 5.43 Å². The van der Waals surface area contributed by atoms with Crippen molar-refractivity contribution in [2.75, 3.05) is 13.2 Å². The molecule has 32 heavy (non-hydrogen) atoms. The number of unbranched alkanes of at least 4 members (excludes halogenated alkanes) is 4. The smallest absolute Gasteiger partial charge is 0.290 e. The molecule has 5 nitrogen and oxygen atoms in total. The van der Waals surface area contributed by atoms with Crippen LogP contribution in [0.5, 0.6) is 5.75 Å². The minimum atomic E-state index is -0.464. The highest BCUT2D eigenvalue weighted by Gasteiger charge is 2.42. The number of rotatable bonds is 10. The second kappa shape index (κ2) is 10.0. The topological polar surface area (TPSA) is 59.8 Å². The van der Waals surface area contributed by atoms with Crippen LogP contribution in [0.1, 0.15) is 80.1 Å². The van der Waals surface area contributed by atoms with E-state index in [0.29, 0.717) is 29.7 Å². The van der Waals surface area contributed by atoms with Gasteiger partial charge in [0, 0.05) is 6.54 Å². The van der Waals surface area contributed by atoms with E-state index >= 15 is 0 Å². The fourth-order valence-corrected chi connectivity index (χ4v) is 4.39. The molecule has 0 bridgehead atoms. The van der Waals surface area contributed by atoms with Gasteiger partial charge in [-0.2, -0.15) is 0 Å². The molecule has 2 aromatic carbocycles. The van der Waals surface area contributed by atoms with Crippen molar-refractivity contribution in [2.45, 2.75) is 58.4 Å². The third-order valence-corrected chi connectivity index (χ3v) is 6.07. The van der Waals surface area contributed by atoms with E-state index in [0.717, 1.165) is 49.8 Å². The van der Waals surface area contributed by atoms with Crippen molar-refractivity contribution in [2.24, 2.45) is 0 Å². The number of benzene rings is 2. The maximum Gasteiger partial charge on any atom is 0.290 e. The Kier molecular flexibility index (Phi) is 6.93. The molecule has 0 radical (unpaired) electrons. The van der Waals surface area contributed by atoms with Crippen LogP contribution in [0.3, 0.4) is 0 Å². The predicted molar refractivity (Wildman–Crippen MR) is 126 cm³/mol. The van der Waals surface area contributed by atoms with Crippen LogP contribution in [0.4, 0.5) is 0 Å². The molecule has 1 unspecified atom stereocenters. The highest BCUT2D eigenvalue weighted by atomic mass is 16.5. The number of amides is 1. The van der Waals surface area contributed by atoms with Crippen LogP contribution >= 0.6 is 0 Å². The van der Waals surface area contributed by atoms with Gasteiger partial charge in [-0.1, -0.05) is 63.8 Å². The molecule has 0 fully saturated rings. The Morgan fingerprint density at radius 1 is 0.938 bits per heavy atom. The Bertz CT molecular complexity index is 1150. The fourth-order valence-electron chi connectivity index (χ4n) is 4.39. The lowest BCUT2D eigenvalue weighted by Crippen LogP contribution is -2.30. The summed E-state index contributed by atoms with van der Waals surface area (Å²) in [7, 11) is 0. The van der Waals surface area contributed by atoms with Gasteiger partial charge < -0.3 is 14.1 Å². The highest BCUT2D eigenvalue weighted by molar-refractivity contribution is 5.99. The zero-order valence-electron chi connectivity index (χ0n) is 18.9. The fraction of sp³-hybridized carbons (Fsp3) is 0.407. The van der Waals surface area contributed by atoms with Gasteiger partial charge in [-0.15, -0.1) is 0 Å². The Hall–Kier alpha value is -3.08. The summed E-state index contributed by atoms with van der Waals surface area (Å²) < 4.78 is 11.9. The first-order valence-corrected chi connectivity index (χ1v) is 11.7. The second-order valence-electron chi connectivity index (χ2n) is 8.41. The van der Waals surface area contributed by atoms with Crippen LogP contribution in [0, 0.1) is 0 Å². The standard InChI is InChI=1S/C27H31NO4/c1-3-5-9-16-28-24(19-12-11-13-20(18-19)31-17-10-6-4-2)23-25(29)21-14-7-8-15-22(21)32-26(23)27(28)30/h7-8,11-15,18,24H,3-6,9-10,16-17H2,1-2H3. The lowest BCUT2D eigenvalue weighted by molar-refractivity contribution is 0.0724. The number of ether oxygens (including phenoxy) is 1. The molecule has 4 rings (SSSR count). The minimum absolute atomic E-state index is 0.132. The normalized spacial score (nSPS) is 15.4. The van der Waals surface area contributed by atoms with Gasteiger partial charge in [-0.3, -0.25) is 9.59 Å². The number of nitrogens with zero attached hydrogens (tertiary/aromatic N) is 1. The monoisotopic (exact) mass is 433 g/mol. The third kappa shape index (κ3) is 4.29. The molecule has 1 aliphatic heterocycles. The van der Waals surface area contributed by atoms with Gasteiger partial charge >= 0.3 is 0 Å². The predicted octanol–water partition coefficient (Wildman–Crippen LogP) is 6.10. The Morgan fingerprint density at radius 2 is 1.72 bits per heavy atom. The number of fused-ring (bicyclic) bond motifs is 2. The van der Waals surface area contributed by atoms with Crippen LogP contribution < -0.4 is 10.2 Å². The molecule has 168 valence electrons. The van der Waals surface area contributed by atoms with Crippen molar-refractivity contribution in [3.8, 4) is 5.75 Å². The van der Waals surface area contributed by atoms with Gasteiger partial charge in [0.2, 0.25) is 5.76 Å². The van der Waals surface area contributed by atoms with Crippen molar-refractivity contribution in [1.29, 1.82) is 0 Å². The summed E-state index contributed by atoms with van der Waals surface area (Å²) in [6.07, 6.45) is 6.24. The number of carbonyl (C=O) groups is 1. The number of hydrogen-bond acceptors (Lipinski definition) is 4. The molecular formula is C27H31NO4. The number of carbonyl (C=O) groups excluding carboxylic acids is 1. The molecule has 1 atom stereocenters. The molecule has 3 aromatic rings. The maximum absolute atomic E-state index is 13.5. The van der Waals surface area contributed by atoms with Crippen molar-refractivity contribution in [1.82, 2.24) is 4.90 Å². The van der Waals surface area contributed by atoms with Crippen LogP contribution in [0.2, 0.25) is 0 Å². The van der Waals surface area contributed by atoms with E-state index in [1.54, 1.807) is 17.0 Å². The summed E-state index contributed by atoms with van der Waals surface area (Å²) >= 11 is 0. The van der Waals surface area contributed by atoms with Crippen LogP contribution in [-0.4, -0.2) is 24.0 Å². The zero-order chi connectivity index (χ0) is 22.5. The van der Waals surface area contributed by atoms with Crippen molar-refractivity contribution in [3.05, 3.63) is 75.6 Å². The van der Waals surface area contributed by atoms with E-state index in [4.69, 9.17) is 9.15 Å².